The molecule has 0 heteroatoms. The van der Waals surface area contributed by atoms with Crippen molar-refractivity contribution in [2.24, 2.45) is 0 Å². The van der Waals surface area contributed by atoms with Crippen LogP contribution in [0.1, 0.15) is 44.5 Å². The molecule has 0 nitrogen and oxygen atoms in total. The molecule has 0 amide bonds. The molecule has 0 saturated carbocycles. The van der Waals surface area contributed by atoms with Gasteiger partial charge in [0.2, 0.25) is 0 Å². The summed E-state index contributed by atoms with van der Waals surface area (Å²) in [6.45, 7) is 4.38. The van der Waals surface area contributed by atoms with Crippen molar-refractivity contribution >= 4 is 0 Å². The highest BCUT2D eigenvalue weighted by Crippen LogP contribution is 2.21. The summed E-state index contributed by atoms with van der Waals surface area (Å²) < 4.78 is 0. The Morgan fingerprint density at radius 2 is 0.743 bits per heavy atom. The molecule has 0 bridgehead atoms. The molecule has 0 aliphatic rings. The quantitative estimate of drug-likeness (QED) is 0.240. The average molecular weight is 455 g/mol. The Morgan fingerprint density at radius 3 is 1.29 bits per heavy atom. The maximum absolute atomic E-state index is 2.26. The lowest BCUT2D eigenvalue weighted by molar-refractivity contribution is 1.07. The second-order valence-corrected chi connectivity index (χ2v) is 9.13. The maximum Gasteiger partial charge on any atom is -0.00203 e. The van der Waals surface area contributed by atoms with Gasteiger partial charge in [0.05, 0.1) is 0 Å². The molecule has 0 unspecified atom stereocenters. The first-order valence-corrected chi connectivity index (χ1v) is 12.4. The van der Waals surface area contributed by atoms with E-state index in [0.717, 1.165) is 19.3 Å². The van der Waals surface area contributed by atoms with Crippen molar-refractivity contribution in [3.05, 3.63) is 178 Å². The highest BCUT2D eigenvalue weighted by Gasteiger charge is 2.07. The van der Waals surface area contributed by atoms with Crippen LogP contribution in [0, 0.1) is 13.8 Å². The smallest absolute Gasteiger partial charge is 0.00203 e. The molecule has 35 heavy (non-hydrogen) atoms. The van der Waals surface area contributed by atoms with Gasteiger partial charge in [0.25, 0.3) is 0 Å². The van der Waals surface area contributed by atoms with Gasteiger partial charge >= 0.3 is 0 Å². The van der Waals surface area contributed by atoms with E-state index >= 15 is 0 Å². The topological polar surface area (TPSA) is 0 Å². The minimum absolute atomic E-state index is 1.00. The molecule has 0 heterocycles. The van der Waals surface area contributed by atoms with Crippen LogP contribution >= 0.6 is 0 Å². The van der Waals surface area contributed by atoms with Crippen molar-refractivity contribution in [3.8, 4) is 0 Å². The standard InChI is InChI=1S/C21H20.C14H14/c1-17-9-8-14-20(15-18-10-4-2-5-11-18)21(17)16-19-12-6-3-7-13-19;1-12-7-5-6-10-14(12)11-13-8-3-2-4-9-13/h2-14H,15-16H2,1H3;2-10H,11H2,1H3. The predicted molar refractivity (Wildman–Crippen MR) is 150 cm³/mol. The highest BCUT2D eigenvalue weighted by molar-refractivity contribution is 5.41. The Bertz CT molecular complexity index is 1300. The van der Waals surface area contributed by atoms with Gasteiger partial charge in [-0.2, -0.15) is 0 Å². The first-order chi connectivity index (χ1) is 17.2. The third-order valence-corrected chi connectivity index (χ3v) is 6.47. The Hall–Kier alpha value is -3.90. The van der Waals surface area contributed by atoms with Gasteiger partial charge in [0.15, 0.2) is 0 Å². The fraction of sp³-hybridized carbons (Fsp3) is 0.143. The van der Waals surface area contributed by atoms with Crippen LogP contribution in [0.15, 0.2) is 133 Å². The van der Waals surface area contributed by atoms with E-state index in [4.69, 9.17) is 0 Å². The number of benzene rings is 5. The van der Waals surface area contributed by atoms with Crippen LogP contribution in [0.3, 0.4) is 0 Å². The van der Waals surface area contributed by atoms with Gasteiger partial charge in [-0.1, -0.05) is 133 Å². The summed E-state index contributed by atoms with van der Waals surface area (Å²) in [5.41, 5.74) is 11.2. The van der Waals surface area contributed by atoms with Crippen LogP contribution in [-0.2, 0) is 19.3 Å². The molecule has 0 atom stereocenters. The molecule has 174 valence electrons. The summed E-state index contributed by atoms with van der Waals surface area (Å²) in [6, 6.07) is 47.2. The molecule has 0 saturated heterocycles. The summed E-state index contributed by atoms with van der Waals surface area (Å²) in [4.78, 5) is 0. The second kappa shape index (κ2) is 12.5. The fourth-order valence-electron chi connectivity index (χ4n) is 4.42. The molecular formula is C35H34. The van der Waals surface area contributed by atoms with Crippen LogP contribution in [-0.4, -0.2) is 0 Å². The van der Waals surface area contributed by atoms with Gasteiger partial charge in [-0.25, -0.2) is 0 Å². The zero-order valence-electron chi connectivity index (χ0n) is 20.8. The minimum Gasteiger partial charge on any atom is -0.0622 e. The van der Waals surface area contributed by atoms with Crippen LogP contribution in [0.5, 0.6) is 0 Å². The minimum atomic E-state index is 1.00. The van der Waals surface area contributed by atoms with E-state index in [0.29, 0.717) is 0 Å². The Morgan fingerprint density at radius 1 is 0.343 bits per heavy atom. The van der Waals surface area contributed by atoms with Crippen molar-refractivity contribution in [3.63, 3.8) is 0 Å². The normalized spacial score (nSPS) is 10.3. The monoisotopic (exact) mass is 454 g/mol. The van der Waals surface area contributed by atoms with Crippen LogP contribution in [0.2, 0.25) is 0 Å². The van der Waals surface area contributed by atoms with E-state index in [1.165, 1.54) is 44.5 Å². The molecule has 0 N–H and O–H groups in total. The molecule has 0 aliphatic heterocycles. The van der Waals surface area contributed by atoms with E-state index in [2.05, 4.69) is 147 Å². The predicted octanol–water partition coefficient (Wildman–Crippen LogP) is 8.76. The van der Waals surface area contributed by atoms with Gasteiger partial charge in [0.1, 0.15) is 0 Å². The van der Waals surface area contributed by atoms with Gasteiger partial charge in [-0.15, -0.1) is 0 Å². The van der Waals surface area contributed by atoms with Crippen LogP contribution < -0.4 is 0 Å². The third-order valence-electron chi connectivity index (χ3n) is 6.47. The van der Waals surface area contributed by atoms with E-state index in [1.54, 1.807) is 0 Å². The summed E-state index contributed by atoms with van der Waals surface area (Å²) >= 11 is 0. The molecular weight excluding hydrogens is 420 g/mol. The van der Waals surface area contributed by atoms with Crippen molar-refractivity contribution < 1.29 is 0 Å². The van der Waals surface area contributed by atoms with Crippen molar-refractivity contribution in [2.45, 2.75) is 33.1 Å². The molecule has 0 aliphatic carbocycles. The first kappa shape index (κ1) is 24.2. The Labute approximate surface area is 210 Å². The second-order valence-electron chi connectivity index (χ2n) is 9.13. The van der Waals surface area contributed by atoms with Crippen molar-refractivity contribution in [1.29, 1.82) is 0 Å². The largest absolute Gasteiger partial charge is 0.0622 e. The summed E-state index contributed by atoms with van der Waals surface area (Å²) in [7, 11) is 0. The molecule has 5 aromatic rings. The Kier molecular flexibility index (Phi) is 8.68. The van der Waals surface area contributed by atoms with Gasteiger partial charge in [0, 0.05) is 0 Å². The SMILES string of the molecule is Cc1cccc(Cc2ccccc2)c1Cc1ccccc1.Cc1ccccc1Cc1ccccc1. The van der Waals surface area contributed by atoms with Crippen molar-refractivity contribution in [2.75, 3.05) is 0 Å². The van der Waals surface area contributed by atoms with E-state index in [9.17, 15) is 0 Å². The fourth-order valence-corrected chi connectivity index (χ4v) is 4.42. The molecule has 5 aromatic carbocycles. The van der Waals surface area contributed by atoms with Crippen LogP contribution in [0.25, 0.3) is 0 Å². The molecule has 0 radical (unpaired) electrons. The van der Waals surface area contributed by atoms with E-state index in [1.807, 2.05) is 0 Å². The average Bonchev–Trinajstić information content (AvgIpc) is 2.90. The van der Waals surface area contributed by atoms with Gasteiger partial charge < -0.3 is 0 Å². The van der Waals surface area contributed by atoms with Gasteiger partial charge in [-0.3, -0.25) is 0 Å². The Balaban J connectivity index is 0.000000179. The number of rotatable bonds is 6. The molecule has 0 fully saturated rings. The first-order valence-electron chi connectivity index (χ1n) is 12.4. The zero-order chi connectivity index (χ0) is 24.3. The van der Waals surface area contributed by atoms with E-state index < -0.39 is 0 Å². The maximum atomic E-state index is 2.26. The third kappa shape index (κ3) is 7.29. The summed E-state index contributed by atoms with van der Waals surface area (Å²) in [6.07, 6.45) is 3.05. The van der Waals surface area contributed by atoms with Crippen LogP contribution in [0.4, 0.5) is 0 Å². The highest BCUT2D eigenvalue weighted by atomic mass is 14.1. The zero-order valence-corrected chi connectivity index (χ0v) is 20.8. The molecule has 0 spiro atoms. The lowest BCUT2D eigenvalue weighted by atomic mass is 9.92. The number of hydrogen-bond donors (Lipinski definition) is 0. The lowest BCUT2D eigenvalue weighted by Gasteiger charge is -2.13. The summed E-state index contributed by atoms with van der Waals surface area (Å²) in [5, 5.41) is 0. The van der Waals surface area contributed by atoms with Crippen molar-refractivity contribution in [1.82, 2.24) is 0 Å². The number of aryl methyl sites for hydroxylation is 2. The molecule has 5 rings (SSSR count). The van der Waals surface area contributed by atoms with E-state index in [-0.39, 0.29) is 0 Å². The molecule has 0 aromatic heterocycles. The summed E-state index contributed by atoms with van der Waals surface area (Å²) in [5.74, 6) is 0. The van der Waals surface area contributed by atoms with Gasteiger partial charge in [-0.05, 0) is 77.6 Å². The number of hydrogen-bond acceptors (Lipinski definition) is 0. The lowest BCUT2D eigenvalue weighted by Crippen LogP contribution is -2.00.